The van der Waals surface area contributed by atoms with Crippen LogP contribution in [0.4, 0.5) is 4.79 Å². The van der Waals surface area contributed by atoms with Gasteiger partial charge in [0.05, 0.1) is 6.10 Å². The van der Waals surface area contributed by atoms with Crippen LogP contribution in [-0.2, 0) is 19.5 Å². The first-order valence-electron chi connectivity index (χ1n) is 10.2. The Morgan fingerprint density at radius 3 is 2.46 bits per heavy atom. The second-order valence-electron chi connectivity index (χ2n) is 7.98. The van der Waals surface area contributed by atoms with Gasteiger partial charge in [-0.2, -0.15) is 0 Å². The van der Waals surface area contributed by atoms with Crippen LogP contribution in [0.25, 0.3) is 0 Å². The third kappa shape index (κ3) is 4.21. The van der Waals surface area contributed by atoms with E-state index in [4.69, 9.17) is 0 Å². The lowest BCUT2D eigenvalue weighted by molar-refractivity contribution is 0.0812. The zero-order chi connectivity index (χ0) is 19.5. The first-order chi connectivity index (χ1) is 13.6. The molecule has 28 heavy (non-hydrogen) atoms. The fourth-order valence-corrected chi connectivity index (χ4v) is 4.26. The van der Waals surface area contributed by atoms with Crippen LogP contribution in [0, 0.1) is 6.92 Å². The second kappa shape index (κ2) is 8.33. The number of fused-ring (bicyclic) bond motifs is 1. The van der Waals surface area contributed by atoms with Crippen molar-refractivity contribution in [3.63, 3.8) is 0 Å². The molecule has 0 aromatic heterocycles. The maximum Gasteiger partial charge on any atom is 0.320 e. The van der Waals surface area contributed by atoms with Gasteiger partial charge in [0.1, 0.15) is 0 Å². The van der Waals surface area contributed by atoms with Gasteiger partial charge >= 0.3 is 6.03 Å². The third-order valence-corrected chi connectivity index (χ3v) is 5.91. The van der Waals surface area contributed by atoms with Crippen LogP contribution >= 0.6 is 0 Å². The summed E-state index contributed by atoms with van der Waals surface area (Å²) in [4.78, 5) is 18.7. The number of benzene rings is 2. The highest BCUT2D eigenvalue weighted by Crippen LogP contribution is 2.20. The molecular weight excluding hydrogens is 350 g/mol. The molecule has 0 saturated carbocycles. The van der Waals surface area contributed by atoms with Crippen molar-refractivity contribution >= 4 is 6.03 Å². The first kappa shape index (κ1) is 19.0. The van der Waals surface area contributed by atoms with Crippen LogP contribution in [0.2, 0.25) is 0 Å². The number of hydrogen-bond donors (Lipinski definition) is 1. The van der Waals surface area contributed by atoms with Crippen LogP contribution in [0.1, 0.15) is 22.3 Å². The zero-order valence-corrected chi connectivity index (χ0v) is 16.6. The Hall–Kier alpha value is -2.37. The molecule has 2 aromatic carbocycles. The molecule has 1 atom stereocenters. The zero-order valence-electron chi connectivity index (χ0n) is 16.6. The Bertz CT molecular complexity index is 838. The number of nitrogens with zero attached hydrogens (tertiary/aromatic N) is 3. The smallest absolute Gasteiger partial charge is 0.320 e. The lowest BCUT2D eigenvalue weighted by Crippen LogP contribution is -2.43. The summed E-state index contributed by atoms with van der Waals surface area (Å²) in [6.07, 6.45) is 0.503. The van der Waals surface area contributed by atoms with Gasteiger partial charge in [0, 0.05) is 45.8 Å². The van der Waals surface area contributed by atoms with E-state index in [2.05, 4.69) is 48.2 Å². The van der Waals surface area contributed by atoms with Crippen molar-refractivity contribution < 1.29 is 9.90 Å². The Balaban J connectivity index is 1.29. The molecule has 2 aromatic rings. The minimum absolute atomic E-state index is 0.0336. The number of aliphatic hydroxyl groups excluding tert-OH is 1. The van der Waals surface area contributed by atoms with E-state index >= 15 is 0 Å². The maximum atomic E-state index is 12.7. The molecule has 5 nitrogen and oxygen atoms in total. The normalized spacial score (nSPS) is 18.4. The maximum absolute atomic E-state index is 12.7. The molecular formula is C23H29N3O2. The molecule has 148 valence electrons. The summed E-state index contributed by atoms with van der Waals surface area (Å²) in [7, 11) is 0. The molecule has 2 aliphatic heterocycles. The molecule has 0 bridgehead atoms. The summed E-state index contributed by atoms with van der Waals surface area (Å²) >= 11 is 0. The van der Waals surface area contributed by atoms with E-state index in [1.165, 1.54) is 22.3 Å². The molecule has 0 unspecified atom stereocenters. The predicted molar refractivity (Wildman–Crippen MR) is 110 cm³/mol. The molecule has 0 aliphatic carbocycles. The Labute approximate surface area is 167 Å². The number of rotatable bonds is 6. The van der Waals surface area contributed by atoms with Crippen molar-refractivity contribution in [2.45, 2.75) is 32.5 Å². The SMILES string of the molecule is Cc1ccccc1CN1CCN(C[C@H](O)CN2CCc3ccccc3C2)C1=O. The topological polar surface area (TPSA) is 47.0 Å². The monoisotopic (exact) mass is 379 g/mol. The molecule has 2 amide bonds. The Kier molecular flexibility index (Phi) is 5.64. The molecule has 0 radical (unpaired) electrons. The number of carbonyl (C=O) groups is 1. The van der Waals surface area contributed by atoms with Crippen LogP contribution in [-0.4, -0.2) is 64.7 Å². The van der Waals surface area contributed by atoms with E-state index < -0.39 is 6.10 Å². The predicted octanol–water partition coefficient (Wildman–Crippen LogP) is 2.65. The molecule has 2 aliphatic rings. The van der Waals surface area contributed by atoms with Crippen LogP contribution in [0.3, 0.4) is 0 Å². The molecule has 1 fully saturated rings. The molecule has 0 spiro atoms. The Morgan fingerprint density at radius 2 is 1.64 bits per heavy atom. The summed E-state index contributed by atoms with van der Waals surface area (Å²) in [5.74, 6) is 0. The quantitative estimate of drug-likeness (QED) is 0.839. The fourth-order valence-electron chi connectivity index (χ4n) is 4.26. The number of β-amino-alcohol motifs (C(OH)–C–C–N with tert-alkyl or cyclic N) is 1. The fraction of sp³-hybridized carbons (Fsp3) is 0.435. The van der Waals surface area contributed by atoms with Gasteiger partial charge in [0.25, 0.3) is 0 Å². The van der Waals surface area contributed by atoms with Crippen molar-refractivity contribution in [3.8, 4) is 0 Å². The van der Waals surface area contributed by atoms with Gasteiger partial charge in [-0.05, 0) is 35.6 Å². The highest BCUT2D eigenvalue weighted by atomic mass is 16.3. The van der Waals surface area contributed by atoms with Gasteiger partial charge in [-0.25, -0.2) is 4.79 Å². The lowest BCUT2D eigenvalue weighted by atomic mass is 10.00. The number of hydrogen-bond acceptors (Lipinski definition) is 3. The van der Waals surface area contributed by atoms with E-state index in [-0.39, 0.29) is 6.03 Å². The third-order valence-electron chi connectivity index (χ3n) is 5.91. The summed E-state index contributed by atoms with van der Waals surface area (Å²) in [6.45, 7) is 6.97. The lowest BCUT2D eigenvalue weighted by Gasteiger charge is -2.31. The van der Waals surface area contributed by atoms with E-state index in [1.807, 2.05) is 17.0 Å². The minimum atomic E-state index is -0.521. The molecule has 1 N–H and O–H groups in total. The average molecular weight is 380 g/mol. The van der Waals surface area contributed by atoms with Crippen LogP contribution in [0.5, 0.6) is 0 Å². The van der Waals surface area contributed by atoms with Gasteiger partial charge in [0.2, 0.25) is 0 Å². The van der Waals surface area contributed by atoms with Crippen LogP contribution in [0.15, 0.2) is 48.5 Å². The number of aliphatic hydroxyl groups is 1. The summed E-state index contributed by atoms with van der Waals surface area (Å²) in [5.41, 5.74) is 5.15. The van der Waals surface area contributed by atoms with Gasteiger partial charge in [-0.15, -0.1) is 0 Å². The van der Waals surface area contributed by atoms with Crippen molar-refractivity contribution in [2.75, 3.05) is 32.7 Å². The first-order valence-corrected chi connectivity index (χ1v) is 10.2. The molecule has 5 heteroatoms. The van der Waals surface area contributed by atoms with Crippen LogP contribution < -0.4 is 0 Å². The van der Waals surface area contributed by atoms with Crippen molar-refractivity contribution in [1.29, 1.82) is 0 Å². The highest BCUT2D eigenvalue weighted by molar-refractivity contribution is 5.76. The van der Waals surface area contributed by atoms with Gasteiger partial charge in [0.15, 0.2) is 0 Å². The Morgan fingerprint density at radius 1 is 0.929 bits per heavy atom. The number of amides is 2. The van der Waals surface area contributed by atoms with Gasteiger partial charge in [-0.3, -0.25) is 4.90 Å². The highest BCUT2D eigenvalue weighted by Gasteiger charge is 2.30. The van der Waals surface area contributed by atoms with Crippen molar-refractivity contribution in [1.82, 2.24) is 14.7 Å². The summed E-state index contributed by atoms with van der Waals surface area (Å²) < 4.78 is 0. The van der Waals surface area contributed by atoms with Crippen molar-refractivity contribution in [2.24, 2.45) is 0 Å². The average Bonchev–Trinajstić information content (AvgIpc) is 3.03. The van der Waals surface area contributed by atoms with E-state index in [0.29, 0.717) is 26.2 Å². The number of carbonyl (C=O) groups excluding carboxylic acids is 1. The summed E-state index contributed by atoms with van der Waals surface area (Å²) in [6, 6.07) is 16.7. The molecule has 1 saturated heterocycles. The van der Waals surface area contributed by atoms with Gasteiger partial charge in [-0.1, -0.05) is 48.5 Å². The van der Waals surface area contributed by atoms with E-state index in [1.54, 1.807) is 4.90 Å². The molecule has 4 rings (SSSR count). The van der Waals surface area contributed by atoms with E-state index in [0.717, 1.165) is 26.1 Å². The standard InChI is InChI=1S/C23H29N3O2/c1-18-6-2-3-8-20(18)15-25-12-13-26(23(25)28)17-22(27)16-24-11-10-19-7-4-5-9-21(19)14-24/h2-9,22,27H,10-17H2,1H3/t22-/m1/s1. The van der Waals surface area contributed by atoms with Crippen molar-refractivity contribution in [3.05, 3.63) is 70.8 Å². The number of urea groups is 1. The second-order valence-corrected chi connectivity index (χ2v) is 7.98. The van der Waals surface area contributed by atoms with E-state index in [9.17, 15) is 9.90 Å². The molecule has 2 heterocycles. The largest absolute Gasteiger partial charge is 0.390 e. The van der Waals surface area contributed by atoms with Gasteiger partial charge < -0.3 is 14.9 Å². The summed E-state index contributed by atoms with van der Waals surface area (Å²) in [5, 5.41) is 10.6. The number of aryl methyl sites for hydroxylation is 1. The minimum Gasteiger partial charge on any atom is -0.390 e.